The Bertz CT molecular complexity index is 296. The van der Waals surface area contributed by atoms with Crippen LogP contribution in [0.3, 0.4) is 0 Å². The van der Waals surface area contributed by atoms with Gasteiger partial charge in [0.25, 0.3) is 5.92 Å². The molecule has 0 saturated heterocycles. The summed E-state index contributed by atoms with van der Waals surface area (Å²) in [5, 5.41) is 0. The molecule has 14 heavy (non-hydrogen) atoms. The molecule has 0 aliphatic heterocycles. The molecule has 2 nitrogen and oxygen atoms in total. The van der Waals surface area contributed by atoms with Gasteiger partial charge in [-0.1, -0.05) is 13.8 Å². The zero-order valence-electron chi connectivity index (χ0n) is 8.30. The van der Waals surface area contributed by atoms with Crippen molar-refractivity contribution in [2.75, 3.05) is 6.54 Å². The molecule has 0 bridgehead atoms. The zero-order valence-corrected chi connectivity index (χ0v) is 8.30. The fourth-order valence-electron chi connectivity index (χ4n) is 1.07. The van der Waals surface area contributed by atoms with Crippen LogP contribution in [0.2, 0.25) is 0 Å². The normalized spacial score (nSPS) is 12.9. The third-order valence-electron chi connectivity index (χ3n) is 2.38. The third-order valence-corrected chi connectivity index (χ3v) is 2.38. The number of nitrogens with zero attached hydrogens (tertiary/aromatic N) is 1. The lowest BCUT2D eigenvalue weighted by atomic mass is 9.82. The fourth-order valence-corrected chi connectivity index (χ4v) is 1.07. The molecule has 2 N–H and O–H groups in total. The summed E-state index contributed by atoms with van der Waals surface area (Å²) in [6, 6.07) is 2.86. The van der Waals surface area contributed by atoms with Crippen molar-refractivity contribution in [2.24, 2.45) is 11.1 Å². The Hall–Kier alpha value is -1.03. The van der Waals surface area contributed by atoms with Crippen LogP contribution in [0.25, 0.3) is 0 Å². The molecule has 1 aromatic rings. The number of aromatic nitrogens is 1. The highest BCUT2D eigenvalue weighted by molar-refractivity contribution is 5.18. The van der Waals surface area contributed by atoms with Crippen molar-refractivity contribution in [3.05, 3.63) is 30.1 Å². The topological polar surface area (TPSA) is 38.9 Å². The van der Waals surface area contributed by atoms with Crippen LogP contribution < -0.4 is 5.73 Å². The van der Waals surface area contributed by atoms with E-state index in [9.17, 15) is 8.78 Å². The van der Waals surface area contributed by atoms with Gasteiger partial charge in [-0.3, -0.25) is 4.98 Å². The minimum absolute atomic E-state index is 0.0745. The van der Waals surface area contributed by atoms with Gasteiger partial charge in [0.15, 0.2) is 0 Å². The van der Waals surface area contributed by atoms with Gasteiger partial charge in [0, 0.05) is 29.9 Å². The lowest BCUT2D eigenvalue weighted by Gasteiger charge is -2.32. The molecule has 0 spiro atoms. The first-order valence-electron chi connectivity index (χ1n) is 4.40. The Kier molecular flexibility index (Phi) is 2.85. The molecule has 0 amide bonds. The van der Waals surface area contributed by atoms with E-state index in [4.69, 9.17) is 5.73 Å². The summed E-state index contributed by atoms with van der Waals surface area (Å²) in [5.74, 6) is -2.95. The molecule has 0 radical (unpaired) electrons. The van der Waals surface area contributed by atoms with Crippen LogP contribution in [0.1, 0.15) is 19.4 Å². The number of hydrogen-bond donors (Lipinski definition) is 1. The summed E-state index contributed by atoms with van der Waals surface area (Å²) in [6.07, 6.45) is 2.65. The summed E-state index contributed by atoms with van der Waals surface area (Å²) in [6.45, 7) is 2.81. The van der Waals surface area contributed by atoms with Crippen molar-refractivity contribution in [3.63, 3.8) is 0 Å². The van der Waals surface area contributed by atoms with Crippen LogP contribution in [-0.4, -0.2) is 11.5 Å². The van der Waals surface area contributed by atoms with Gasteiger partial charge in [0.1, 0.15) is 0 Å². The van der Waals surface area contributed by atoms with Gasteiger partial charge in [-0.25, -0.2) is 8.78 Å². The first kappa shape index (κ1) is 11.0. The minimum Gasteiger partial charge on any atom is -0.330 e. The molecule has 0 saturated carbocycles. The molecule has 1 aromatic heterocycles. The monoisotopic (exact) mass is 200 g/mol. The highest BCUT2D eigenvalue weighted by Gasteiger charge is 2.47. The van der Waals surface area contributed by atoms with E-state index in [0.717, 1.165) is 0 Å². The Labute approximate surface area is 82.1 Å². The maximum absolute atomic E-state index is 13.8. The van der Waals surface area contributed by atoms with Crippen LogP contribution in [-0.2, 0) is 5.92 Å². The van der Waals surface area contributed by atoms with Crippen LogP contribution in [0.4, 0.5) is 8.78 Å². The molecular weight excluding hydrogens is 186 g/mol. The summed E-state index contributed by atoms with van der Waals surface area (Å²) >= 11 is 0. The van der Waals surface area contributed by atoms with Crippen molar-refractivity contribution < 1.29 is 8.78 Å². The van der Waals surface area contributed by atoms with Gasteiger partial charge < -0.3 is 5.73 Å². The van der Waals surface area contributed by atoms with Gasteiger partial charge >= 0.3 is 0 Å². The second kappa shape index (κ2) is 3.61. The number of hydrogen-bond acceptors (Lipinski definition) is 2. The van der Waals surface area contributed by atoms with Crippen molar-refractivity contribution in [2.45, 2.75) is 19.8 Å². The van der Waals surface area contributed by atoms with E-state index < -0.39 is 11.3 Å². The standard InChI is InChI=1S/C10H14F2N2/c1-9(2,7-13)10(11,12)8-4-3-5-14-6-8/h3-6H,7,13H2,1-2H3. The molecule has 0 aromatic carbocycles. The molecule has 4 heteroatoms. The summed E-state index contributed by atoms with van der Waals surface area (Å²) in [5.41, 5.74) is 3.99. The van der Waals surface area contributed by atoms with Crippen molar-refractivity contribution in [1.82, 2.24) is 4.98 Å². The maximum Gasteiger partial charge on any atom is 0.280 e. The quantitative estimate of drug-likeness (QED) is 0.812. The number of alkyl halides is 2. The fraction of sp³-hybridized carbons (Fsp3) is 0.500. The number of nitrogens with two attached hydrogens (primary N) is 1. The summed E-state index contributed by atoms with van der Waals surface area (Å²) in [4.78, 5) is 3.68. The molecule has 0 unspecified atom stereocenters. The predicted octanol–water partition coefficient (Wildman–Crippen LogP) is 2.16. The lowest BCUT2D eigenvalue weighted by Crippen LogP contribution is -2.40. The minimum atomic E-state index is -2.95. The first-order valence-corrected chi connectivity index (χ1v) is 4.40. The smallest absolute Gasteiger partial charge is 0.280 e. The number of pyridine rings is 1. The van der Waals surface area contributed by atoms with Crippen molar-refractivity contribution in [3.8, 4) is 0 Å². The van der Waals surface area contributed by atoms with E-state index >= 15 is 0 Å². The van der Waals surface area contributed by atoms with Gasteiger partial charge in [0.2, 0.25) is 0 Å². The van der Waals surface area contributed by atoms with E-state index in [2.05, 4.69) is 4.98 Å². The Morgan fingerprint density at radius 1 is 1.43 bits per heavy atom. The maximum atomic E-state index is 13.8. The number of rotatable bonds is 3. The largest absolute Gasteiger partial charge is 0.330 e. The molecule has 1 rings (SSSR count). The van der Waals surface area contributed by atoms with E-state index in [1.807, 2.05) is 0 Å². The summed E-state index contributed by atoms with van der Waals surface area (Å²) in [7, 11) is 0. The van der Waals surface area contributed by atoms with E-state index in [-0.39, 0.29) is 12.1 Å². The van der Waals surface area contributed by atoms with Crippen LogP contribution in [0.5, 0.6) is 0 Å². The van der Waals surface area contributed by atoms with Crippen LogP contribution >= 0.6 is 0 Å². The molecular formula is C10H14F2N2. The summed E-state index contributed by atoms with van der Waals surface area (Å²) < 4.78 is 27.6. The lowest BCUT2D eigenvalue weighted by molar-refractivity contribution is -0.109. The second-order valence-corrected chi connectivity index (χ2v) is 3.90. The van der Waals surface area contributed by atoms with Gasteiger partial charge in [-0.2, -0.15) is 0 Å². The highest BCUT2D eigenvalue weighted by atomic mass is 19.3. The Morgan fingerprint density at radius 3 is 2.50 bits per heavy atom. The molecule has 0 aliphatic rings. The Morgan fingerprint density at radius 2 is 2.07 bits per heavy atom. The average Bonchev–Trinajstić information content (AvgIpc) is 2.19. The zero-order chi connectivity index (χ0) is 10.8. The van der Waals surface area contributed by atoms with Crippen molar-refractivity contribution in [1.29, 1.82) is 0 Å². The SMILES string of the molecule is CC(C)(CN)C(F)(F)c1cccnc1. The molecule has 1 heterocycles. The van der Waals surface area contributed by atoms with Gasteiger partial charge in [-0.15, -0.1) is 0 Å². The highest BCUT2D eigenvalue weighted by Crippen LogP contribution is 2.43. The van der Waals surface area contributed by atoms with Gasteiger partial charge in [-0.05, 0) is 12.1 Å². The van der Waals surface area contributed by atoms with Crippen molar-refractivity contribution >= 4 is 0 Å². The predicted molar refractivity (Wildman–Crippen MR) is 51.0 cm³/mol. The van der Waals surface area contributed by atoms with E-state index in [0.29, 0.717) is 0 Å². The Balaban J connectivity index is 3.08. The van der Waals surface area contributed by atoms with E-state index in [1.165, 1.54) is 38.4 Å². The average molecular weight is 200 g/mol. The molecule has 0 aliphatic carbocycles. The second-order valence-electron chi connectivity index (χ2n) is 3.90. The van der Waals surface area contributed by atoms with Gasteiger partial charge in [0.05, 0.1) is 0 Å². The third kappa shape index (κ3) is 1.75. The van der Waals surface area contributed by atoms with E-state index in [1.54, 1.807) is 0 Å². The molecule has 0 fully saturated rings. The van der Waals surface area contributed by atoms with Crippen LogP contribution in [0, 0.1) is 5.41 Å². The number of halogens is 2. The molecule has 78 valence electrons. The van der Waals surface area contributed by atoms with Crippen LogP contribution in [0.15, 0.2) is 24.5 Å². The first-order chi connectivity index (χ1) is 6.42. The molecule has 0 atom stereocenters.